The predicted molar refractivity (Wildman–Crippen MR) is 151 cm³/mol. The Morgan fingerprint density at radius 2 is 1.62 bits per heavy atom. The predicted octanol–water partition coefficient (Wildman–Crippen LogP) is 4.09. The monoisotopic (exact) mass is 570 g/mol. The molecule has 1 atom stereocenters. The third-order valence-electron chi connectivity index (χ3n) is 5.64. The van der Waals surface area contributed by atoms with E-state index in [0.717, 1.165) is 17.3 Å². The number of nitrogens with one attached hydrogen (secondary N) is 2. The first kappa shape index (κ1) is 28.0. The van der Waals surface area contributed by atoms with Gasteiger partial charge < -0.3 is 11.1 Å². The molecule has 4 aromatic rings. The number of hydrogen-bond donors (Lipinski definition) is 3. The molecule has 0 saturated heterocycles. The fourth-order valence-electron chi connectivity index (χ4n) is 3.61. The maximum atomic E-state index is 13.0. The topological polar surface area (TPSA) is 188 Å². The molecule has 2 heterocycles. The molecule has 1 unspecified atom stereocenters. The Labute approximate surface area is 235 Å². The van der Waals surface area contributed by atoms with Gasteiger partial charge >= 0.3 is 0 Å². The second-order valence-corrected chi connectivity index (χ2v) is 11.5. The van der Waals surface area contributed by atoms with E-state index in [-0.39, 0.29) is 32.8 Å². The van der Waals surface area contributed by atoms with E-state index in [4.69, 9.17) is 5.73 Å². The molecule has 0 aliphatic rings. The van der Waals surface area contributed by atoms with Crippen molar-refractivity contribution >= 4 is 45.1 Å². The molecule has 2 aromatic heterocycles. The van der Waals surface area contributed by atoms with Crippen LogP contribution in [0, 0.1) is 29.6 Å². The lowest BCUT2D eigenvalue weighted by atomic mass is 9.96. The van der Waals surface area contributed by atoms with Gasteiger partial charge in [0.25, 0.3) is 10.0 Å². The van der Waals surface area contributed by atoms with Crippen molar-refractivity contribution < 1.29 is 13.2 Å². The molecule has 0 aliphatic heterocycles. The van der Waals surface area contributed by atoms with Crippen molar-refractivity contribution in [3.05, 3.63) is 83.7 Å². The molecule has 0 aliphatic carbocycles. The Morgan fingerprint density at radius 1 is 1.00 bits per heavy atom. The number of hydrogen-bond acceptors (Lipinski definition) is 10. The molecule has 0 bridgehead atoms. The second kappa shape index (κ2) is 11.8. The Hall–Kier alpha value is -4.98. The van der Waals surface area contributed by atoms with Crippen LogP contribution in [-0.4, -0.2) is 34.5 Å². The Balaban J connectivity index is 1.53. The van der Waals surface area contributed by atoms with Gasteiger partial charge in [-0.1, -0.05) is 41.6 Å². The van der Waals surface area contributed by atoms with Crippen LogP contribution in [0.4, 0.5) is 17.5 Å². The summed E-state index contributed by atoms with van der Waals surface area (Å²) in [5, 5.41) is 21.9. The van der Waals surface area contributed by atoms with Crippen molar-refractivity contribution in [3.63, 3.8) is 0 Å². The number of benzene rings is 2. The molecular weight excluding hydrogens is 548 g/mol. The van der Waals surface area contributed by atoms with Crippen LogP contribution in [0.3, 0.4) is 0 Å². The first-order valence-electron chi connectivity index (χ1n) is 11.7. The van der Waals surface area contributed by atoms with Crippen molar-refractivity contribution in [1.82, 2.24) is 15.0 Å². The number of carbonyl (C=O) groups is 1. The number of sulfonamides is 1. The number of rotatable bonds is 8. The number of aryl methyl sites for hydroxylation is 1. The zero-order valence-corrected chi connectivity index (χ0v) is 22.9. The van der Waals surface area contributed by atoms with Crippen molar-refractivity contribution in [2.45, 2.75) is 29.0 Å². The number of nitrogens with two attached hydrogens (primary N) is 1. The molecule has 40 heavy (non-hydrogen) atoms. The van der Waals surface area contributed by atoms with Crippen LogP contribution in [0.5, 0.6) is 0 Å². The number of anilines is 3. The number of aromatic nitrogens is 3. The Kier molecular flexibility index (Phi) is 8.29. The molecule has 0 spiro atoms. The highest BCUT2D eigenvalue weighted by atomic mass is 32.2. The van der Waals surface area contributed by atoms with Crippen molar-refractivity contribution in [3.8, 4) is 23.3 Å². The van der Waals surface area contributed by atoms with Gasteiger partial charge in [0.15, 0.2) is 0 Å². The summed E-state index contributed by atoms with van der Waals surface area (Å²) < 4.78 is 27.4. The van der Waals surface area contributed by atoms with Crippen molar-refractivity contribution in [2.24, 2.45) is 0 Å². The lowest BCUT2D eigenvalue weighted by Gasteiger charge is -2.16. The number of nitrogen functional groups attached to an aromatic ring is 1. The first-order chi connectivity index (χ1) is 19.1. The summed E-state index contributed by atoms with van der Waals surface area (Å²) >= 11 is 1.02. The maximum absolute atomic E-state index is 13.0. The molecule has 0 radical (unpaired) electrons. The minimum absolute atomic E-state index is 0.0417. The maximum Gasteiger partial charge on any atom is 0.264 e. The van der Waals surface area contributed by atoms with Gasteiger partial charge in [0.1, 0.15) is 28.5 Å². The molecular formula is C27H22N8O3S2. The highest BCUT2D eigenvalue weighted by molar-refractivity contribution is 8.00. The largest absolute Gasteiger partial charge is 0.383 e. The molecule has 11 nitrogen and oxygen atoms in total. The summed E-state index contributed by atoms with van der Waals surface area (Å²) in [6, 6.07) is 18.6. The van der Waals surface area contributed by atoms with E-state index in [9.17, 15) is 23.7 Å². The third kappa shape index (κ3) is 6.18. The quantitative estimate of drug-likeness (QED) is 0.260. The lowest BCUT2D eigenvalue weighted by Crippen LogP contribution is -2.23. The highest BCUT2D eigenvalue weighted by Crippen LogP contribution is 2.37. The van der Waals surface area contributed by atoms with Gasteiger partial charge in [0, 0.05) is 23.6 Å². The Bertz CT molecular complexity index is 1750. The van der Waals surface area contributed by atoms with Gasteiger partial charge in [-0.15, -0.1) is 0 Å². The Morgan fingerprint density at radius 3 is 2.23 bits per heavy atom. The smallest absolute Gasteiger partial charge is 0.264 e. The number of carbonyl (C=O) groups excluding carboxylic acids is 1. The van der Waals surface area contributed by atoms with Gasteiger partial charge in [-0.05, 0) is 49.7 Å². The van der Waals surface area contributed by atoms with E-state index in [0.29, 0.717) is 16.8 Å². The molecule has 0 fully saturated rings. The van der Waals surface area contributed by atoms with E-state index >= 15 is 0 Å². The van der Waals surface area contributed by atoms with Crippen LogP contribution in [0.25, 0.3) is 11.1 Å². The van der Waals surface area contributed by atoms with Gasteiger partial charge in [-0.3, -0.25) is 4.79 Å². The number of nitrogens with zero attached hydrogens (tertiary/aromatic N) is 5. The molecule has 4 N–H and O–H groups in total. The molecule has 0 saturated carbocycles. The average Bonchev–Trinajstić information content (AvgIpc) is 2.94. The highest BCUT2D eigenvalue weighted by Gasteiger charge is 2.24. The second-order valence-electron chi connectivity index (χ2n) is 8.47. The van der Waals surface area contributed by atoms with E-state index in [2.05, 4.69) is 31.1 Å². The zero-order valence-electron chi connectivity index (χ0n) is 21.3. The zero-order chi connectivity index (χ0) is 28.9. The number of thioether (sulfide) groups is 1. The molecule has 200 valence electrons. The number of pyridine rings is 1. The van der Waals surface area contributed by atoms with Crippen LogP contribution in [0.1, 0.15) is 23.6 Å². The van der Waals surface area contributed by atoms with Crippen LogP contribution in [-0.2, 0) is 14.8 Å². The van der Waals surface area contributed by atoms with Gasteiger partial charge in [-0.2, -0.15) is 10.5 Å². The summed E-state index contributed by atoms with van der Waals surface area (Å²) in [7, 11) is -3.93. The van der Waals surface area contributed by atoms with Crippen LogP contribution in [0.15, 0.2) is 76.9 Å². The standard InChI is InChI=1S/C27H22N8O3S2/c1-16-4-6-18(7-5-16)23-21(14-28)24(30)34-26(22(23)15-29)39-17(2)25(36)33-19-8-10-20(11-9-19)40(37,38)35-27-31-12-3-13-32-27/h3-13,17H,1-2H3,(H2,30,34)(H,33,36)(H,31,32,35). The number of amides is 1. The average molecular weight is 571 g/mol. The van der Waals surface area contributed by atoms with Crippen LogP contribution in [0.2, 0.25) is 0 Å². The summed E-state index contributed by atoms with van der Waals surface area (Å²) in [5.74, 6) is -0.523. The van der Waals surface area contributed by atoms with Crippen LogP contribution >= 0.6 is 11.8 Å². The van der Waals surface area contributed by atoms with Gasteiger partial charge in [-0.25, -0.2) is 28.1 Å². The summed E-state index contributed by atoms with van der Waals surface area (Å²) in [4.78, 5) is 24.9. The van der Waals surface area contributed by atoms with E-state index in [1.54, 1.807) is 25.1 Å². The van der Waals surface area contributed by atoms with Crippen molar-refractivity contribution in [1.29, 1.82) is 10.5 Å². The first-order valence-corrected chi connectivity index (χ1v) is 14.1. The SMILES string of the molecule is Cc1ccc(-c2c(C#N)c(N)nc(SC(C)C(=O)Nc3ccc(S(=O)(=O)Nc4ncccn4)cc3)c2C#N)cc1. The van der Waals surface area contributed by atoms with Crippen LogP contribution < -0.4 is 15.8 Å². The van der Waals surface area contributed by atoms with Gasteiger partial charge in [0.2, 0.25) is 11.9 Å². The molecule has 1 amide bonds. The number of nitriles is 2. The molecule has 13 heteroatoms. The van der Waals surface area contributed by atoms with Crippen molar-refractivity contribution in [2.75, 3.05) is 15.8 Å². The minimum atomic E-state index is -3.93. The summed E-state index contributed by atoms with van der Waals surface area (Å²) in [6.45, 7) is 3.55. The molecule has 2 aromatic carbocycles. The normalized spacial score (nSPS) is 11.6. The van der Waals surface area contributed by atoms with E-state index in [1.165, 1.54) is 36.7 Å². The van der Waals surface area contributed by atoms with E-state index in [1.807, 2.05) is 25.1 Å². The fraction of sp³-hybridized carbons (Fsp3) is 0.111. The molecule has 4 rings (SSSR count). The minimum Gasteiger partial charge on any atom is -0.383 e. The van der Waals surface area contributed by atoms with E-state index < -0.39 is 21.2 Å². The lowest BCUT2D eigenvalue weighted by molar-refractivity contribution is -0.115. The summed E-state index contributed by atoms with van der Waals surface area (Å²) in [6.07, 6.45) is 2.82. The third-order valence-corrected chi connectivity index (χ3v) is 8.07. The summed E-state index contributed by atoms with van der Waals surface area (Å²) in [5.41, 5.74) is 8.67. The fourth-order valence-corrected chi connectivity index (χ4v) is 5.48. The van der Waals surface area contributed by atoms with Gasteiger partial charge in [0.05, 0.1) is 15.7 Å².